The average Bonchev–Trinajstić information content (AvgIpc) is 3.24. The van der Waals surface area contributed by atoms with E-state index in [1.165, 1.54) is 0 Å². The van der Waals surface area contributed by atoms with Crippen LogP contribution in [0.1, 0.15) is 11.1 Å². The van der Waals surface area contributed by atoms with Crippen LogP contribution in [-0.4, -0.2) is 34.4 Å². The largest absolute Gasteiger partial charge is 0.456 e. The molecule has 0 unspecified atom stereocenters. The number of rotatable bonds is 5. The first kappa shape index (κ1) is 17.0. The van der Waals surface area contributed by atoms with Crippen molar-refractivity contribution in [3.63, 3.8) is 0 Å². The first-order chi connectivity index (χ1) is 13.1. The van der Waals surface area contributed by atoms with Crippen LogP contribution >= 0.6 is 0 Å². The molecule has 0 aromatic heterocycles. The van der Waals surface area contributed by atoms with Gasteiger partial charge < -0.3 is 4.74 Å². The van der Waals surface area contributed by atoms with E-state index in [-0.39, 0.29) is 24.8 Å². The smallest absolute Gasteiger partial charge is 0.355 e. The number of imide groups is 1. The molecule has 136 valence electrons. The molecule has 2 aliphatic heterocycles. The van der Waals surface area contributed by atoms with Crippen LogP contribution in [0.5, 0.6) is 0 Å². The number of hydrogen-bond donors (Lipinski definition) is 1. The van der Waals surface area contributed by atoms with Crippen LogP contribution in [0.4, 0.5) is 0 Å². The first-order valence-electron chi connectivity index (χ1n) is 8.58. The Morgan fingerprint density at radius 3 is 2.26 bits per heavy atom. The number of carbonyl (C=O) groups excluding carboxylic acids is 3. The van der Waals surface area contributed by atoms with Crippen molar-refractivity contribution in [1.29, 1.82) is 0 Å². The Kier molecular flexibility index (Phi) is 4.42. The maximum absolute atomic E-state index is 12.8. The topological polar surface area (TPSA) is 88.1 Å². The van der Waals surface area contributed by atoms with Gasteiger partial charge in [0.05, 0.1) is 6.54 Å². The fourth-order valence-corrected chi connectivity index (χ4v) is 3.23. The third-order valence-corrected chi connectivity index (χ3v) is 4.62. The highest BCUT2D eigenvalue weighted by Gasteiger charge is 2.55. The lowest BCUT2D eigenvalue weighted by molar-refractivity contribution is -0.141. The van der Waals surface area contributed by atoms with Gasteiger partial charge in [-0.2, -0.15) is 5.10 Å². The van der Waals surface area contributed by atoms with E-state index in [2.05, 4.69) is 10.5 Å². The van der Waals surface area contributed by atoms with E-state index >= 15 is 0 Å². The van der Waals surface area contributed by atoms with Crippen LogP contribution in [0.15, 0.2) is 65.8 Å². The predicted molar refractivity (Wildman–Crippen MR) is 96.1 cm³/mol. The summed E-state index contributed by atoms with van der Waals surface area (Å²) in [6, 6.07) is 17.6. The number of amides is 2. The summed E-state index contributed by atoms with van der Waals surface area (Å²) in [7, 11) is 0. The molecule has 0 saturated carbocycles. The number of nitrogens with one attached hydrogen (secondary N) is 1. The Morgan fingerprint density at radius 2 is 1.59 bits per heavy atom. The second-order valence-corrected chi connectivity index (χ2v) is 6.39. The van der Waals surface area contributed by atoms with Gasteiger partial charge in [-0.25, -0.2) is 4.79 Å². The zero-order valence-corrected chi connectivity index (χ0v) is 14.4. The summed E-state index contributed by atoms with van der Waals surface area (Å²) in [6.07, 6.45) is 0. The van der Waals surface area contributed by atoms with Crippen molar-refractivity contribution in [1.82, 2.24) is 10.3 Å². The van der Waals surface area contributed by atoms with Gasteiger partial charge >= 0.3 is 5.97 Å². The Morgan fingerprint density at radius 1 is 0.963 bits per heavy atom. The number of esters is 1. The zero-order valence-electron chi connectivity index (χ0n) is 14.4. The minimum atomic E-state index is -0.940. The van der Waals surface area contributed by atoms with Crippen LogP contribution in [0.2, 0.25) is 0 Å². The van der Waals surface area contributed by atoms with Gasteiger partial charge in [-0.05, 0) is 11.1 Å². The minimum absolute atomic E-state index is 0.0511. The average molecular weight is 363 g/mol. The summed E-state index contributed by atoms with van der Waals surface area (Å²) in [5, 5.41) is 3.90. The van der Waals surface area contributed by atoms with Crippen molar-refractivity contribution >= 4 is 23.5 Å². The van der Waals surface area contributed by atoms with E-state index < -0.39 is 23.8 Å². The second kappa shape index (κ2) is 7.03. The fourth-order valence-electron chi connectivity index (χ4n) is 3.23. The molecule has 1 N–H and O–H groups in total. The molecule has 2 aliphatic rings. The SMILES string of the molecule is O=C(OCc1ccccc1)C1=NN[C@H]2C(=O)N(Cc3ccccc3)C(=O)[C@@H]12. The fraction of sp³-hybridized carbons (Fsp3) is 0.200. The van der Waals surface area contributed by atoms with Gasteiger partial charge in [0.1, 0.15) is 18.6 Å². The molecule has 4 rings (SSSR count). The van der Waals surface area contributed by atoms with Crippen molar-refractivity contribution in [3.05, 3.63) is 71.8 Å². The minimum Gasteiger partial charge on any atom is -0.456 e. The van der Waals surface area contributed by atoms with E-state index in [4.69, 9.17) is 4.74 Å². The molecule has 1 fully saturated rings. The van der Waals surface area contributed by atoms with Gasteiger partial charge in [-0.3, -0.25) is 19.9 Å². The van der Waals surface area contributed by atoms with Crippen molar-refractivity contribution < 1.29 is 19.1 Å². The molecule has 2 atom stereocenters. The number of benzene rings is 2. The molecule has 2 heterocycles. The molecule has 2 amide bonds. The highest BCUT2D eigenvalue weighted by Crippen LogP contribution is 2.28. The number of fused-ring (bicyclic) bond motifs is 1. The summed E-state index contributed by atoms with van der Waals surface area (Å²) in [5.41, 5.74) is 4.23. The summed E-state index contributed by atoms with van der Waals surface area (Å²) >= 11 is 0. The molecule has 7 nitrogen and oxygen atoms in total. The summed E-state index contributed by atoms with van der Waals surface area (Å²) in [6.45, 7) is 0.242. The number of carbonyl (C=O) groups is 3. The Hall–Kier alpha value is -3.48. The number of hydrazone groups is 1. The number of hydrogen-bond acceptors (Lipinski definition) is 6. The van der Waals surface area contributed by atoms with Crippen LogP contribution in [-0.2, 0) is 32.3 Å². The van der Waals surface area contributed by atoms with Gasteiger partial charge in [0.25, 0.3) is 5.91 Å². The lowest BCUT2D eigenvalue weighted by Gasteiger charge is -2.15. The molecule has 2 aromatic carbocycles. The van der Waals surface area contributed by atoms with E-state index in [9.17, 15) is 14.4 Å². The first-order valence-corrected chi connectivity index (χ1v) is 8.58. The standard InChI is InChI=1S/C20H17N3O4/c24-18-15-16(19(25)23(18)11-13-7-3-1-4-8-13)21-22-17(15)20(26)27-12-14-9-5-2-6-10-14/h1-10,15-16,21H,11-12H2/t15-,16-/m1/s1. The van der Waals surface area contributed by atoms with E-state index in [1.54, 1.807) is 0 Å². The molecule has 0 bridgehead atoms. The second-order valence-electron chi connectivity index (χ2n) is 6.39. The number of likely N-dealkylation sites (tertiary alicyclic amines) is 1. The Balaban J connectivity index is 1.45. The van der Waals surface area contributed by atoms with Gasteiger partial charge in [-0.1, -0.05) is 60.7 Å². The van der Waals surface area contributed by atoms with Crippen LogP contribution in [0.25, 0.3) is 0 Å². The molecular weight excluding hydrogens is 346 g/mol. The summed E-state index contributed by atoms with van der Waals surface area (Å²) in [5.74, 6) is -2.45. The highest BCUT2D eigenvalue weighted by atomic mass is 16.5. The van der Waals surface area contributed by atoms with Crippen molar-refractivity contribution in [2.75, 3.05) is 0 Å². The molecule has 27 heavy (non-hydrogen) atoms. The van der Waals surface area contributed by atoms with Crippen molar-refractivity contribution in [3.8, 4) is 0 Å². The quantitative estimate of drug-likeness (QED) is 0.638. The summed E-state index contributed by atoms with van der Waals surface area (Å²) in [4.78, 5) is 38.9. The van der Waals surface area contributed by atoms with Crippen molar-refractivity contribution in [2.24, 2.45) is 11.0 Å². The number of ether oxygens (including phenoxy) is 1. The molecule has 2 aromatic rings. The maximum atomic E-state index is 12.8. The molecule has 0 radical (unpaired) electrons. The van der Waals surface area contributed by atoms with Gasteiger partial charge in [0, 0.05) is 0 Å². The van der Waals surface area contributed by atoms with Crippen LogP contribution < -0.4 is 5.43 Å². The molecule has 1 saturated heterocycles. The lowest BCUT2D eigenvalue weighted by atomic mass is 9.99. The molecule has 0 spiro atoms. The normalized spacial score (nSPS) is 20.9. The monoisotopic (exact) mass is 363 g/mol. The summed E-state index contributed by atoms with van der Waals surface area (Å²) < 4.78 is 5.27. The van der Waals surface area contributed by atoms with Crippen molar-refractivity contribution in [2.45, 2.75) is 19.2 Å². The molecule has 7 heteroatoms. The number of nitrogens with zero attached hydrogens (tertiary/aromatic N) is 2. The molecular formula is C20H17N3O4. The van der Waals surface area contributed by atoms with E-state index in [0.717, 1.165) is 16.0 Å². The van der Waals surface area contributed by atoms with Crippen LogP contribution in [0.3, 0.4) is 0 Å². The maximum Gasteiger partial charge on any atom is 0.355 e. The third-order valence-electron chi connectivity index (χ3n) is 4.62. The Labute approximate surface area is 155 Å². The van der Waals surface area contributed by atoms with Gasteiger partial charge in [0.15, 0.2) is 5.71 Å². The third kappa shape index (κ3) is 3.19. The van der Waals surface area contributed by atoms with E-state index in [0.29, 0.717) is 0 Å². The lowest BCUT2D eigenvalue weighted by Crippen LogP contribution is -2.35. The van der Waals surface area contributed by atoms with Gasteiger partial charge in [-0.15, -0.1) is 0 Å². The predicted octanol–water partition coefficient (Wildman–Crippen LogP) is 1.24. The van der Waals surface area contributed by atoms with Crippen LogP contribution in [0, 0.1) is 5.92 Å². The zero-order chi connectivity index (χ0) is 18.8. The Bertz CT molecular complexity index is 911. The van der Waals surface area contributed by atoms with E-state index in [1.807, 2.05) is 60.7 Å². The highest BCUT2D eigenvalue weighted by molar-refractivity contribution is 6.43. The molecule has 0 aliphatic carbocycles. The van der Waals surface area contributed by atoms with Gasteiger partial charge in [0.2, 0.25) is 5.91 Å².